The third kappa shape index (κ3) is 20.5. The van der Waals surface area contributed by atoms with Crippen molar-refractivity contribution in [2.24, 2.45) is 0 Å². The van der Waals surface area contributed by atoms with Crippen LogP contribution in [0.15, 0.2) is 403 Å². The van der Waals surface area contributed by atoms with Crippen LogP contribution in [0.3, 0.4) is 0 Å². The molecule has 139 heavy (non-hydrogen) atoms. The van der Waals surface area contributed by atoms with Gasteiger partial charge < -0.3 is 22.8 Å². The van der Waals surface area contributed by atoms with Gasteiger partial charge in [0.2, 0.25) is 0 Å². The number of imidazole rings is 5. The van der Waals surface area contributed by atoms with E-state index in [1.54, 1.807) is 24.8 Å². The number of fused-ring (bicyclic) bond motifs is 5. The Kier molecular flexibility index (Phi) is 27.5. The lowest BCUT2D eigenvalue weighted by Gasteiger charge is -2.23. The van der Waals surface area contributed by atoms with Gasteiger partial charge in [-0.2, -0.15) is 0 Å². The number of nitrogens with zero attached hydrogens (tertiary/aromatic N) is 25. The molecule has 0 saturated heterocycles. The van der Waals surface area contributed by atoms with E-state index in [1.807, 2.05) is 239 Å². The normalized spacial score (nSPS) is 13.5. The molecule has 1 aliphatic carbocycles. The molecule has 6 atom stereocenters. The van der Waals surface area contributed by atoms with Crippen molar-refractivity contribution in [1.82, 2.24) is 123 Å². The molecule has 13 aromatic carbocycles. The number of aromatic nitrogens is 25. The molecule has 6 unspecified atom stereocenters. The maximum atomic E-state index is 6.13. The molecule has 688 valence electrons. The molecule has 0 bridgehead atoms. The smallest absolute Gasteiger partial charge is 0.113 e. The van der Waals surface area contributed by atoms with Crippen LogP contribution in [0.5, 0.6) is 0 Å². The fraction of sp³-hybridized carbons (Fsp3) is 0.155. The van der Waals surface area contributed by atoms with Crippen molar-refractivity contribution in [3.05, 3.63) is 490 Å². The Labute approximate surface area is 821 Å². The van der Waals surface area contributed by atoms with Crippen molar-refractivity contribution in [2.75, 3.05) is 0 Å². The molecule has 0 radical (unpaired) electrons. The molecule has 23 aromatic rings. The summed E-state index contributed by atoms with van der Waals surface area (Å²) < 4.78 is 20.4. The molecule has 29 heteroatoms. The highest BCUT2D eigenvalue weighted by molar-refractivity contribution is 6.31. The lowest BCUT2D eigenvalue weighted by atomic mass is 9.95. The first-order chi connectivity index (χ1) is 68.3. The Morgan fingerprint density at radius 3 is 0.993 bits per heavy atom. The second kappa shape index (κ2) is 42.1. The van der Waals surface area contributed by atoms with E-state index >= 15 is 0 Å². The van der Waals surface area contributed by atoms with Gasteiger partial charge in [-0.3, -0.25) is 0 Å². The average Bonchev–Trinajstić information content (AvgIpc) is 1.90. The molecule has 24 rings (SSSR count). The molecule has 0 N–H and O–H groups in total. The zero-order valence-electron chi connectivity index (χ0n) is 76.2. The summed E-state index contributed by atoms with van der Waals surface area (Å²) in [7, 11) is 0. The van der Waals surface area contributed by atoms with Gasteiger partial charge in [-0.25, -0.2) is 48.3 Å². The lowest BCUT2D eigenvalue weighted by Crippen LogP contribution is -2.15. The predicted molar refractivity (Wildman–Crippen MR) is 547 cm³/mol. The summed E-state index contributed by atoms with van der Waals surface area (Å²) in [4.78, 5) is 21.2. The third-order valence-electron chi connectivity index (χ3n) is 25.3. The second-order valence-corrected chi connectivity index (χ2v) is 36.3. The molecule has 10 heterocycles. The Hall–Kier alpha value is -15.9. The average molecular weight is 1910 g/mol. The quantitative estimate of drug-likeness (QED) is 0.0612. The van der Waals surface area contributed by atoms with Crippen LogP contribution in [0.1, 0.15) is 168 Å². The van der Waals surface area contributed by atoms with E-state index in [0.29, 0.717) is 12.6 Å². The zero-order chi connectivity index (χ0) is 94.5. The third-order valence-corrected chi connectivity index (χ3v) is 26.3. The second-order valence-electron chi connectivity index (χ2n) is 34.6. The van der Waals surface area contributed by atoms with Gasteiger partial charge in [0, 0.05) is 88.1 Å². The Bertz CT molecular complexity index is 7870. The van der Waals surface area contributed by atoms with Gasteiger partial charge in [0.25, 0.3) is 0 Å². The van der Waals surface area contributed by atoms with Crippen molar-refractivity contribution in [3.8, 4) is 5.69 Å². The first-order valence-corrected chi connectivity index (χ1v) is 47.6. The standard InChI is InChI=1S/C24H20ClN5.C23H18ClN5.C22H16ClN5.C22H23N5.C19H18ClN5/c1-17(18-5-3-2-4-6-18)30-23-15-20(9-12-22(23)27-28-30)24(29-14-13-26-16-29)19-7-10-21(25)11-8-19;24-20-9-6-18(7-10-20)23(28-13-12-25-16-28)19-8-11-21-22(14-19)29(27-26-21)15-17-4-2-1-3-5-17;23-18-9-6-16(7-10-18)22(27-13-12-24-15-27)17-8-11-20-21(14-17)28(26-25-20)19-4-2-1-3-5-19;1-3-7-17(8-4-1)22(26-14-13-23-16-26)18-11-12-20-21(15-18)27(25-24-20)19-9-5-2-6-10-19;1-13(2)25-18-11-15(5-8-17(18)22-23-25)19(24-10-9-21-12-24)14-3-6-16(20)7-4-14/h2-17,24H,1H3;1-14,16,23H,15H2;1-15,22H;1,3-4,7-8,11-16,19,22H,2,5-6,9-10H2;3-13,19H,1-2H3. The van der Waals surface area contributed by atoms with E-state index in [4.69, 9.17) is 46.4 Å². The maximum Gasteiger partial charge on any atom is 0.113 e. The molecule has 10 aromatic heterocycles. The van der Waals surface area contributed by atoms with E-state index in [9.17, 15) is 0 Å². The molecule has 0 aliphatic heterocycles. The molecule has 1 aliphatic rings. The predicted octanol–water partition coefficient (Wildman–Crippen LogP) is 24.7. The van der Waals surface area contributed by atoms with Crippen LogP contribution in [0.4, 0.5) is 0 Å². The van der Waals surface area contributed by atoms with E-state index in [-0.39, 0.29) is 42.3 Å². The van der Waals surface area contributed by atoms with Crippen molar-refractivity contribution in [3.63, 3.8) is 0 Å². The number of benzene rings is 13. The van der Waals surface area contributed by atoms with Gasteiger partial charge in [-0.1, -0.05) is 280 Å². The monoisotopic (exact) mass is 1910 g/mol. The van der Waals surface area contributed by atoms with Crippen LogP contribution in [-0.4, -0.2) is 123 Å². The summed E-state index contributed by atoms with van der Waals surface area (Å²) in [6.45, 7) is 7.03. The number of halogens is 4. The summed E-state index contributed by atoms with van der Waals surface area (Å²) in [5.41, 5.74) is 24.5. The minimum Gasteiger partial charge on any atom is -0.326 e. The highest BCUT2D eigenvalue weighted by Crippen LogP contribution is 2.39. The van der Waals surface area contributed by atoms with Crippen molar-refractivity contribution >= 4 is 102 Å². The summed E-state index contributed by atoms with van der Waals surface area (Å²) in [6.07, 6.45) is 34.5. The Balaban J connectivity index is 0.000000107. The summed E-state index contributed by atoms with van der Waals surface area (Å²) in [5, 5.41) is 46.6. The van der Waals surface area contributed by atoms with E-state index in [0.717, 1.165) is 125 Å². The fourth-order valence-electron chi connectivity index (χ4n) is 18.4. The molecular weight excluding hydrogens is 1810 g/mol. The van der Waals surface area contributed by atoms with Gasteiger partial charge in [-0.05, 0) is 222 Å². The van der Waals surface area contributed by atoms with E-state index in [2.05, 4.69) is 282 Å². The van der Waals surface area contributed by atoms with Crippen molar-refractivity contribution < 1.29 is 0 Å². The summed E-state index contributed by atoms with van der Waals surface area (Å²) in [5.74, 6) is 0. The molecule has 25 nitrogen and oxygen atoms in total. The maximum absolute atomic E-state index is 6.13. The number of para-hydroxylation sites is 1. The minimum atomic E-state index is -0.0247. The summed E-state index contributed by atoms with van der Waals surface area (Å²) in [6, 6.07) is 105. The van der Waals surface area contributed by atoms with Gasteiger partial charge in [0.05, 0.1) is 114 Å². The van der Waals surface area contributed by atoms with Crippen molar-refractivity contribution in [1.29, 1.82) is 0 Å². The van der Waals surface area contributed by atoms with Crippen LogP contribution in [-0.2, 0) is 6.54 Å². The SMILES string of the molecule is CC(C)n1nnc2ccc(C(c3ccc(Cl)cc3)n3ccnc3)cc21.CC(c1ccccc1)n1nnc2ccc(C(c3ccc(Cl)cc3)n3ccnc3)cc21.Clc1ccc(C(c2ccc3nnn(-c4ccccc4)c3c2)n2ccnc2)cc1.Clc1ccc(C(c2ccc3nnn(Cc4ccccc4)c3c2)n2ccnc2)cc1.c1ccc(C(c2ccc3nnn(C4CCCCC4)c3c2)n2ccnc2)cc1. The fourth-order valence-corrected chi connectivity index (χ4v) is 18.9. The van der Waals surface area contributed by atoms with Gasteiger partial charge in [0.1, 0.15) is 27.6 Å². The summed E-state index contributed by atoms with van der Waals surface area (Å²) >= 11 is 24.4. The van der Waals surface area contributed by atoms with Gasteiger partial charge in [0.15, 0.2) is 0 Å². The molecule has 0 spiro atoms. The Morgan fingerprint density at radius 1 is 0.281 bits per heavy atom. The molecule has 1 saturated carbocycles. The van der Waals surface area contributed by atoms with E-state index < -0.39 is 0 Å². The molecule has 1 fully saturated rings. The van der Waals surface area contributed by atoms with Gasteiger partial charge in [-0.15, -0.1) is 25.5 Å². The lowest BCUT2D eigenvalue weighted by molar-refractivity contribution is 0.331. The minimum absolute atomic E-state index is 0.0136. The van der Waals surface area contributed by atoms with Gasteiger partial charge >= 0.3 is 0 Å². The number of rotatable bonds is 22. The highest BCUT2D eigenvalue weighted by Gasteiger charge is 2.27. The topological polar surface area (TPSA) is 243 Å². The first kappa shape index (κ1) is 90.9. The van der Waals surface area contributed by atoms with Crippen molar-refractivity contribution in [2.45, 2.75) is 108 Å². The number of hydrogen-bond donors (Lipinski definition) is 0. The first-order valence-electron chi connectivity index (χ1n) is 46.1. The highest BCUT2D eigenvalue weighted by atomic mass is 35.5. The number of hydrogen-bond acceptors (Lipinski definition) is 15. The van der Waals surface area contributed by atoms with Crippen LogP contribution < -0.4 is 0 Å². The molecular formula is C110H95Cl4N25. The largest absolute Gasteiger partial charge is 0.326 e. The molecule has 0 amide bonds. The zero-order valence-corrected chi connectivity index (χ0v) is 79.2. The van der Waals surface area contributed by atoms with Crippen LogP contribution in [0.2, 0.25) is 20.1 Å². The van der Waals surface area contributed by atoms with E-state index in [1.165, 1.54) is 54.4 Å². The van der Waals surface area contributed by atoms with Crippen LogP contribution >= 0.6 is 46.4 Å². The van der Waals surface area contributed by atoms with Crippen LogP contribution in [0.25, 0.3) is 60.9 Å². The Morgan fingerprint density at radius 2 is 0.590 bits per heavy atom. The van der Waals surface area contributed by atoms with Crippen LogP contribution in [0, 0.1) is 0 Å².